The molecule has 76 valence electrons. The van der Waals surface area contributed by atoms with Gasteiger partial charge < -0.3 is 0 Å². The molecule has 15 heavy (non-hydrogen) atoms. The number of hydrogen-bond acceptors (Lipinski definition) is 0. The van der Waals surface area contributed by atoms with Crippen molar-refractivity contribution in [1.29, 1.82) is 0 Å². The minimum Gasteiger partial charge on any atom is -0.109 e. The van der Waals surface area contributed by atoms with Gasteiger partial charge in [0, 0.05) is 0 Å². The second-order valence-corrected chi connectivity index (χ2v) is 4.49. The summed E-state index contributed by atoms with van der Waals surface area (Å²) in [7, 11) is 0. The van der Waals surface area contributed by atoms with Crippen LogP contribution in [0, 0.1) is 0 Å². The van der Waals surface area contributed by atoms with Crippen LogP contribution in [0.1, 0.15) is 18.1 Å². The Kier molecular flexibility index (Phi) is 2.79. The normalized spacial score (nSPS) is 11.3. The third kappa shape index (κ3) is 2.05. The van der Waals surface area contributed by atoms with E-state index in [0.717, 1.165) is 11.1 Å². The Morgan fingerprint density at radius 3 is 1.40 bits per heavy atom. The van der Waals surface area contributed by atoms with Crippen molar-refractivity contribution >= 4 is 11.6 Å². The van der Waals surface area contributed by atoms with E-state index in [-0.39, 0.29) is 0 Å². The van der Waals surface area contributed by atoms with Crippen molar-refractivity contribution in [2.75, 3.05) is 0 Å². The van der Waals surface area contributed by atoms with Crippen molar-refractivity contribution < 1.29 is 0 Å². The standard InChI is InChI=1S/C14H13Cl/c1-14(15,12-8-4-2-5-9-12)13-10-6-3-7-11-13/h2-11H,1H3. The molecule has 0 unspecified atom stereocenters. The molecule has 0 nitrogen and oxygen atoms in total. The fourth-order valence-electron chi connectivity index (χ4n) is 1.67. The molecule has 0 aliphatic carbocycles. The summed E-state index contributed by atoms with van der Waals surface area (Å²) in [6.07, 6.45) is 0. The Labute approximate surface area is 95.5 Å². The molecule has 2 rings (SSSR count). The highest BCUT2D eigenvalue weighted by Gasteiger charge is 2.24. The molecule has 0 spiro atoms. The van der Waals surface area contributed by atoms with E-state index < -0.39 is 4.87 Å². The first-order valence-electron chi connectivity index (χ1n) is 5.01. The first kappa shape index (κ1) is 10.3. The van der Waals surface area contributed by atoms with Crippen LogP contribution in [-0.2, 0) is 4.87 Å². The van der Waals surface area contributed by atoms with Crippen LogP contribution in [0.2, 0.25) is 0 Å². The molecule has 0 bridgehead atoms. The molecule has 0 aliphatic heterocycles. The second kappa shape index (κ2) is 4.08. The van der Waals surface area contributed by atoms with Gasteiger partial charge in [0.15, 0.2) is 0 Å². The van der Waals surface area contributed by atoms with Crippen LogP contribution < -0.4 is 0 Å². The van der Waals surface area contributed by atoms with Gasteiger partial charge in [-0.2, -0.15) is 0 Å². The van der Waals surface area contributed by atoms with Crippen LogP contribution in [0.15, 0.2) is 60.7 Å². The first-order chi connectivity index (χ1) is 7.21. The lowest BCUT2D eigenvalue weighted by atomic mass is 9.92. The topological polar surface area (TPSA) is 0 Å². The summed E-state index contributed by atoms with van der Waals surface area (Å²) in [5.41, 5.74) is 2.25. The number of benzene rings is 2. The van der Waals surface area contributed by atoms with Gasteiger partial charge in [0.2, 0.25) is 0 Å². The van der Waals surface area contributed by atoms with Gasteiger partial charge in [-0.3, -0.25) is 0 Å². The zero-order valence-electron chi connectivity index (χ0n) is 8.65. The molecule has 2 aromatic rings. The van der Waals surface area contributed by atoms with Gasteiger partial charge >= 0.3 is 0 Å². The zero-order chi connectivity index (χ0) is 10.7. The molecular formula is C14H13Cl. The molecule has 0 N–H and O–H groups in total. The van der Waals surface area contributed by atoms with Gasteiger partial charge in [-0.05, 0) is 18.1 Å². The van der Waals surface area contributed by atoms with Crippen LogP contribution in [-0.4, -0.2) is 0 Å². The Bertz CT molecular complexity index is 376. The zero-order valence-corrected chi connectivity index (χ0v) is 9.41. The second-order valence-electron chi connectivity index (χ2n) is 3.74. The number of halogens is 1. The summed E-state index contributed by atoms with van der Waals surface area (Å²) in [5.74, 6) is 0. The summed E-state index contributed by atoms with van der Waals surface area (Å²) in [6.45, 7) is 2.03. The smallest absolute Gasteiger partial charge is 0.0916 e. The van der Waals surface area contributed by atoms with Crippen LogP contribution in [0.5, 0.6) is 0 Å². The van der Waals surface area contributed by atoms with E-state index >= 15 is 0 Å². The predicted molar refractivity (Wildman–Crippen MR) is 65.2 cm³/mol. The molecule has 1 heteroatoms. The lowest BCUT2D eigenvalue weighted by molar-refractivity contribution is 0.822. The minimum absolute atomic E-state index is 0.442. The Hall–Kier alpha value is -1.27. The molecular weight excluding hydrogens is 204 g/mol. The van der Waals surface area contributed by atoms with Crippen molar-refractivity contribution in [3.8, 4) is 0 Å². The van der Waals surface area contributed by atoms with Crippen molar-refractivity contribution in [3.63, 3.8) is 0 Å². The third-order valence-corrected chi connectivity index (χ3v) is 3.07. The molecule has 0 fully saturated rings. The lowest BCUT2D eigenvalue weighted by Crippen LogP contribution is -2.14. The molecule has 0 amide bonds. The number of hydrogen-bond donors (Lipinski definition) is 0. The van der Waals surface area contributed by atoms with Crippen molar-refractivity contribution in [2.45, 2.75) is 11.8 Å². The molecule has 2 aromatic carbocycles. The highest BCUT2D eigenvalue weighted by Crippen LogP contribution is 2.35. The van der Waals surface area contributed by atoms with E-state index in [9.17, 15) is 0 Å². The summed E-state index contributed by atoms with van der Waals surface area (Å²) >= 11 is 6.59. The van der Waals surface area contributed by atoms with Crippen molar-refractivity contribution in [1.82, 2.24) is 0 Å². The predicted octanol–water partition coefficient (Wildman–Crippen LogP) is 4.19. The monoisotopic (exact) mass is 216 g/mol. The quantitative estimate of drug-likeness (QED) is 0.661. The lowest BCUT2D eigenvalue weighted by Gasteiger charge is -2.23. The highest BCUT2D eigenvalue weighted by atomic mass is 35.5. The largest absolute Gasteiger partial charge is 0.109 e. The fraction of sp³-hybridized carbons (Fsp3) is 0.143. The van der Waals surface area contributed by atoms with Gasteiger partial charge in [0.05, 0.1) is 4.87 Å². The van der Waals surface area contributed by atoms with Gasteiger partial charge in [-0.1, -0.05) is 60.7 Å². The molecule has 0 atom stereocenters. The average Bonchev–Trinajstić information content (AvgIpc) is 2.31. The fourth-order valence-corrected chi connectivity index (χ4v) is 1.92. The molecule has 0 saturated carbocycles. The van der Waals surface area contributed by atoms with E-state index in [0.29, 0.717) is 0 Å². The SMILES string of the molecule is CC(Cl)(c1ccccc1)c1ccccc1. The summed E-state index contributed by atoms with van der Waals surface area (Å²) in [5, 5.41) is 0. The van der Waals surface area contributed by atoms with E-state index in [4.69, 9.17) is 11.6 Å². The van der Waals surface area contributed by atoms with E-state index in [1.165, 1.54) is 0 Å². The first-order valence-corrected chi connectivity index (χ1v) is 5.39. The average molecular weight is 217 g/mol. The maximum absolute atomic E-state index is 6.59. The van der Waals surface area contributed by atoms with Crippen LogP contribution >= 0.6 is 11.6 Å². The maximum Gasteiger partial charge on any atom is 0.0916 e. The third-order valence-electron chi connectivity index (χ3n) is 2.63. The highest BCUT2D eigenvalue weighted by molar-refractivity contribution is 6.25. The van der Waals surface area contributed by atoms with E-state index in [1.807, 2.05) is 43.3 Å². The van der Waals surface area contributed by atoms with Crippen LogP contribution in [0.3, 0.4) is 0 Å². The van der Waals surface area contributed by atoms with Gasteiger partial charge in [-0.25, -0.2) is 0 Å². The number of rotatable bonds is 2. The van der Waals surface area contributed by atoms with E-state index in [2.05, 4.69) is 24.3 Å². The molecule has 0 heterocycles. The Morgan fingerprint density at radius 2 is 1.07 bits per heavy atom. The van der Waals surface area contributed by atoms with Crippen molar-refractivity contribution in [2.24, 2.45) is 0 Å². The number of alkyl halides is 1. The summed E-state index contributed by atoms with van der Waals surface area (Å²) < 4.78 is 0. The Balaban J connectivity index is 2.44. The maximum atomic E-state index is 6.59. The molecule has 0 aliphatic rings. The minimum atomic E-state index is -0.442. The molecule has 0 saturated heterocycles. The van der Waals surface area contributed by atoms with Crippen LogP contribution in [0.25, 0.3) is 0 Å². The van der Waals surface area contributed by atoms with Gasteiger partial charge in [0.25, 0.3) is 0 Å². The Morgan fingerprint density at radius 1 is 0.733 bits per heavy atom. The van der Waals surface area contributed by atoms with Gasteiger partial charge in [-0.15, -0.1) is 11.6 Å². The van der Waals surface area contributed by atoms with Crippen molar-refractivity contribution in [3.05, 3.63) is 71.8 Å². The van der Waals surface area contributed by atoms with Gasteiger partial charge in [0.1, 0.15) is 0 Å². The van der Waals surface area contributed by atoms with Crippen LogP contribution in [0.4, 0.5) is 0 Å². The summed E-state index contributed by atoms with van der Waals surface area (Å²) in [4.78, 5) is -0.442. The summed E-state index contributed by atoms with van der Waals surface area (Å²) in [6, 6.07) is 20.3. The molecule has 0 aromatic heterocycles. The van der Waals surface area contributed by atoms with E-state index in [1.54, 1.807) is 0 Å². The molecule has 0 radical (unpaired) electrons.